The molecule has 1 saturated heterocycles. The lowest BCUT2D eigenvalue weighted by molar-refractivity contribution is -0.131. The lowest BCUT2D eigenvalue weighted by Crippen LogP contribution is -2.67. The van der Waals surface area contributed by atoms with E-state index in [0.717, 1.165) is 5.56 Å². The van der Waals surface area contributed by atoms with Gasteiger partial charge >= 0.3 is 0 Å². The summed E-state index contributed by atoms with van der Waals surface area (Å²) in [5.41, 5.74) is 11.7. The number of benzene rings is 1. The molecule has 1 aliphatic rings. The van der Waals surface area contributed by atoms with Gasteiger partial charge in [0.2, 0.25) is 0 Å². The van der Waals surface area contributed by atoms with E-state index in [1.54, 1.807) is 0 Å². The van der Waals surface area contributed by atoms with Crippen molar-refractivity contribution in [1.29, 1.82) is 0 Å². The number of nitrogens with one attached hydrogen (secondary N) is 2. The molecular formula is C15H24N4O2. The first-order valence-corrected chi connectivity index (χ1v) is 7.23. The van der Waals surface area contributed by atoms with Gasteiger partial charge in [0.05, 0.1) is 6.10 Å². The lowest BCUT2D eigenvalue weighted by Gasteiger charge is -2.28. The second kappa shape index (κ2) is 6.53. The molecule has 0 spiro atoms. The SMILES string of the molecule is CC1CN[C@](N)(C(=O)NC[C@H](N)Cc2ccccc2)C1O. The second-order valence-corrected chi connectivity index (χ2v) is 5.83. The van der Waals surface area contributed by atoms with Gasteiger partial charge in [0.25, 0.3) is 5.91 Å². The van der Waals surface area contributed by atoms with Crippen LogP contribution in [0.25, 0.3) is 0 Å². The number of aliphatic hydroxyl groups is 1. The maximum atomic E-state index is 12.2. The van der Waals surface area contributed by atoms with Gasteiger partial charge < -0.3 is 21.9 Å². The fourth-order valence-corrected chi connectivity index (χ4v) is 2.57. The van der Waals surface area contributed by atoms with Crippen LogP contribution in [0.5, 0.6) is 0 Å². The molecule has 6 heteroatoms. The summed E-state index contributed by atoms with van der Waals surface area (Å²) in [6.45, 7) is 2.68. The Morgan fingerprint density at radius 2 is 2.19 bits per heavy atom. The molecule has 0 radical (unpaired) electrons. The summed E-state index contributed by atoms with van der Waals surface area (Å²) in [4.78, 5) is 12.2. The summed E-state index contributed by atoms with van der Waals surface area (Å²) >= 11 is 0. The quantitative estimate of drug-likeness (QED) is 0.474. The number of aliphatic hydroxyl groups excluding tert-OH is 1. The van der Waals surface area contributed by atoms with E-state index in [2.05, 4.69) is 10.6 Å². The van der Waals surface area contributed by atoms with E-state index >= 15 is 0 Å². The van der Waals surface area contributed by atoms with E-state index in [4.69, 9.17) is 11.5 Å². The maximum absolute atomic E-state index is 12.2. The van der Waals surface area contributed by atoms with E-state index in [9.17, 15) is 9.90 Å². The van der Waals surface area contributed by atoms with Crippen LogP contribution in [0.2, 0.25) is 0 Å². The molecule has 0 aromatic heterocycles. The molecule has 6 nitrogen and oxygen atoms in total. The molecule has 21 heavy (non-hydrogen) atoms. The first-order valence-electron chi connectivity index (χ1n) is 7.23. The summed E-state index contributed by atoms with van der Waals surface area (Å²) in [5.74, 6) is -0.471. The van der Waals surface area contributed by atoms with Gasteiger partial charge in [-0.15, -0.1) is 0 Å². The van der Waals surface area contributed by atoms with Crippen molar-refractivity contribution >= 4 is 5.91 Å². The molecule has 2 rings (SSSR count). The molecule has 7 N–H and O–H groups in total. The van der Waals surface area contributed by atoms with E-state index < -0.39 is 17.7 Å². The fraction of sp³-hybridized carbons (Fsp3) is 0.533. The third-order valence-corrected chi connectivity index (χ3v) is 3.96. The first-order chi connectivity index (χ1) is 9.93. The van der Waals surface area contributed by atoms with E-state index in [1.807, 2.05) is 37.3 Å². The lowest BCUT2D eigenvalue weighted by atomic mass is 9.98. The van der Waals surface area contributed by atoms with Crippen LogP contribution in [-0.2, 0) is 11.2 Å². The van der Waals surface area contributed by atoms with Crippen LogP contribution in [0.3, 0.4) is 0 Å². The average Bonchev–Trinajstić information content (AvgIpc) is 2.75. The monoisotopic (exact) mass is 292 g/mol. The Balaban J connectivity index is 1.84. The molecule has 1 fully saturated rings. The number of nitrogens with two attached hydrogens (primary N) is 2. The summed E-state index contributed by atoms with van der Waals surface area (Å²) in [6.07, 6.45) is -0.228. The Kier molecular flexibility index (Phi) is 4.95. The van der Waals surface area contributed by atoms with E-state index in [-0.39, 0.29) is 12.0 Å². The van der Waals surface area contributed by atoms with Gasteiger partial charge in [0, 0.05) is 19.1 Å². The fourth-order valence-electron chi connectivity index (χ4n) is 2.57. The predicted octanol–water partition coefficient (Wildman–Crippen LogP) is -1.07. The van der Waals surface area contributed by atoms with Crippen LogP contribution < -0.4 is 22.1 Å². The number of hydrogen-bond acceptors (Lipinski definition) is 5. The van der Waals surface area contributed by atoms with Gasteiger partial charge in [-0.3, -0.25) is 10.1 Å². The van der Waals surface area contributed by atoms with Crippen molar-refractivity contribution in [1.82, 2.24) is 10.6 Å². The van der Waals surface area contributed by atoms with Crippen molar-refractivity contribution < 1.29 is 9.90 Å². The van der Waals surface area contributed by atoms with Gasteiger partial charge in [-0.1, -0.05) is 37.3 Å². The van der Waals surface area contributed by atoms with Crippen LogP contribution in [-0.4, -0.2) is 41.9 Å². The molecule has 1 aromatic rings. The third kappa shape index (κ3) is 3.59. The van der Waals surface area contributed by atoms with Crippen LogP contribution >= 0.6 is 0 Å². The molecule has 2 unspecified atom stereocenters. The number of amides is 1. The Morgan fingerprint density at radius 1 is 1.52 bits per heavy atom. The molecule has 1 heterocycles. The third-order valence-electron chi connectivity index (χ3n) is 3.96. The largest absolute Gasteiger partial charge is 0.389 e. The average molecular weight is 292 g/mol. The molecule has 0 aliphatic carbocycles. The smallest absolute Gasteiger partial charge is 0.257 e. The second-order valence-electron chi connectivity index (χ2n) is 5.83. The zero-order chi connectivity index (χ0) is 15.5. The van der Waals surface area contributed by atoms with E-state index in [0.29, 0.717) is 19.5 Å². The van der Waals surface area contributed by atoms with Crippen LogP contribution in [0, 0.1) is 5.92 Å². The van der Waals surface area contributed by atoms with Gasteiger partial charge in [0.15, 0.2) is 5.66 Å². The van der Waals surface area contributed by atoms with E-state index in [1.165, 1.54) is 0 Å². The number of hydrogen-bond donors (Lipinski definition) is 5. The van der Waals surface area contributed by atoms with Crippen molar-refractivity contribution in [3.63, 3.8) is 0 Å². The molecule has 4 atom stereocenters. The van der Waals surface area contributed by atoms with Crippen LogP contribution in [0.15, 0.2) is 30.3 Å². The molecule has 1 amide bonds. The molecule has 0 bridgehead atoms. The number of carbonyl (C=O) groups excluding carboxylic acids is 1. The predicted molar refractivity (Wildman–Crippen MR) is 81.2 cm³/mol. The number of rotatable bonds is 5. The molecular weight excluding hydrogens is 268 g/mol. The van der Waals surface area contributed by atoms with Crippen LogP contribution in [0.1, 0.15) is 12.5 Å². The standard InChI is InChI=1S/C15H24N4O2/c1-10-8-19-15(17,13(10)20)14(21)18-9-12(16)7-11-5-3-2-4-6-11/h2-6,10,12-13,19-20H,7-9,16-17H2,1H3,(H,18,21)/t10?,12-,13?,15+/m1/s1. The molecule has 0 saturated carbocycles. The molecule has 1 aromatic carbocycles. The topological polar surface area (TPSA) is 113 Å². The van der Waals surface area contributed by atoms with Crippen molar-refractivity contribution in [3.8, 4) is 0 Å². The zero-order valence-electron chi connectivity index (χ0n) is 12.3. The minimum atomic E-state index is -1.42. The Labute approximate surface area is 124 Å². The van der Waals surface area contributed by atoms with Gasteiger partial charge in [-0.2, -0.15) is 0 Å². The summed E-state index contributed by atoms with van der Waals surface area (Å²) in [5, 5.41) is 15.6. The Morgan fingerprint density at radius 3 is 2.76 bits per heavy atom. The van der Waals surface area contributed by atoms with Crippen molar-refractivity contribution in [2.24, 2.45) is 17.4 Å². The highest BCUT2D eigenvalue weighted by Crippen LogP contribution is 2.20. The van der Waals surface area contributed by atoms with Gasteiger partial charge in [0.1, 0.15) is 0 Å². The van der Waals surface area contributed by atoms with Gasteiger partial charge in [-0.25, -0.2) is 0 Å². The van der Waals surface area contributed by atoms with Gasteiger partial charge in [-0.05, 0) is 17.9 Å². The zero-order valence-corrected chi connectivity index (χ0v) is 12.3. The van der Waals surface area contributed by atoms with Crippen molar-refractivity contribution in [3.05, 3.63) is 35.9 Å². The Hall–Kier alpha value is -1.47. The first kappa shape index (κ1) is 15.9. The minimum absolute atomic E-state index is 0.0567. The molecule has 1 aliphatic heterocycles. The van der Waals surface area contributed by atoms with Crippen LogP contribution in [0.4, 0.5) is 0 Å². The highest BCUT2D eigenvalue weighted by atomic mass is 16.3. The summed E-state index contributed by atoms with van der Waals surface area (Å²) in [7, 11) is 0. The highest BCUT2D eigenvalue weighted by Gasteiger charge is 2.48. The normalized spacial score (nSPS) is 30.1. The van der Waals surface area contributed by atoms with Crippen molar-refractivity contribution in [2.75, 3.05) is 13.1 Å². The van der Waals surface area contributed by atoms with Crippen molar-refractivity contribution in [2.45, 2.75) is 31.2 Å². The minimum Gasteiger partial charge on any atom is -0.389 e. The molecule has 116 valence electrons. The summed E-state index contributed by atoms with van der Waals surface area (Å²) < 4.78 is 0. The highest BCUT2D eigenvalue weighted by molar-refractivity contribution is 5.86. The summed E-state index contributed by atoms with van der Waals surface area (Å²) in [6, 6.07) is 9.65. The Bertz CT molecular complexity index is 482. The number of carbonyl (C=O) groups is 1. The maximum Gasteiger partial charge on any atom is 0.257 e.